The van der Waals surface area contributed by atoms with Crippen molar-refractivity contribution in [2.24, 2.45) is 0 Å². The second-order valence-corrected chi connectivity index (χ2v) is 15.9. The molecule has 0 aliphatic carbocycles. The molecule has 0 fully saturated rings. The lowest BCUT2D eigenvalue weighted by molar-refractivity contribution is 1.03. The summed E-state index contributed by atoms with van der Waals surface area (Å²) < 4.78 is 0. The number of hydrogen-bond acceptors (Lipinski definition) is 12. The molecule has 0 saturated heterocycles. The first-order valence-electron chi connectivity index (χ1n) is 21.3. The van der Waals surface area contributed by atoms with Crippen molar-refractivity contribution in [2.75, 3.05) is 0 Å². The van der Waals surface area contributed by atoms with Gasteiger partial charge in [-0.1, -0.05) is 146 Å². The van der Waals surface area contributed by atoms with Gasteiger partial charge < -0.3 is 0 Å². The highest BCUT2D eigenvalue weighted by atomic mass is 15.1. The minimum absolute atomic E-state index is 0.571. The Morgan fingerprint density at radius 3 is 0.500 bits per heavy atom. The molecule has 0 aliphatic rings. The predicted molar refractivity (Wildman–Crippen MR) is 258 cm³/mol. The maximum Gasteiger partial charge on any atom is 0.102 e. The normalized spacial score (nSPS) is 11.6. The maximum absolute atomic E-state index is 5.11. The average Bonchev–Trinajstić information content (AvgIpc) is 3.39. The van der Waals surface area contributed by atoms with Gasteiger partial charge in [-0.2, -0.15) is 30.6 Å². The molecule has 0 radical (unpaired) electrons. The number of benzene rings is 7. The third kappa shape index (κ3) is 5.78. The van der Waals surface area contributed by atoms with E-state index in [4.69, 9.17) is 61.2 Å². The zero-order valence-corrected chi connectivity index (χ0v) is 34.7. The number of aromatic nitrogens is 12. The zero-order chi connectivity index (χ0) is 43.6. The zero-order valence-electron chi connectivity index (χ0n) is 34.7. The lowest BCUT2D eigenvalue weighted by Crippen LogP contribution is -2.09. The summed E-state index contributed by atoms with van der Waals surface area (Å²) in [5.74, 6) is 0. The van der Waals surface area contributed by atoms with E-state index in [1.165, 1.54) is 0 Å². The molecule has 0 spiro atoms. The third-order valence-electron chi connectivity index (χ3n) is 12.3. The van der Waals surface area contributed by atoms with Gasteiger partial charge >= 0.3 is 0 Å². The monoisotopic (exact) mass is 846 g/mol. The molecule has 0 atom stereocenters. The van der Waals surface area contributed by atoms with Gasteiger partial charge in [-0.15, -0.1) is 30.6 Å². The molecule has 66 heavy (non-hydrogen) atoms. The van der Waals surface area contributed by atoms with Gasteiger partial charge in [-0.25, -0.2) is 0 Å². The molecule has 13 aromatic rings. The van der Waals surface area contributed by atoms with E-state index >= 15 is 0 Å². The fourth-order valence-corrected chi connectivity index (χ4v) is 9.45. The van der Waals surface area contributed by atoms with Crippen molar-refractivity contribution in [3.8, 4) is 67.5 Å². The molecule has 13 rings (SSSR count). The van der Waals surface area contributed by atoms with Crippen LogP contribution in [-0.4, -0.2) is 61.2 Å². The summed E-state index contributed by atoms with van der Waals surface area (Å²) in [6.07, 6.45) is 10.7. The summed E-state index contributed by atoms with van der Waals surface area (Å²) in [5, 5.41) is 69.3. The Kier molecular flexibility index (Phi) is 8.52. The van der Waals surface area contributed by atoms with Crippen molar-refractivity contribution in [3.05, 3.63) is 183 Å². The van der Waals surface area contributed by atoms with E-state index in [9.17, 15) is 0 Å². The van der Waals surface area contributed by atoms with Gasteiger partial charge in [0.2, 0.25) is 0 Å². The van der Waals surface area contributed by atoms with Crippen LogP contribution in [0.4, 0.5) is 0 Å². The van der Waals surface area contributed by atoms with Crippen LogP contribution in [0, 0.1) is 0 Å². The molecule has 6 aromatic heterocycles. The minimum Gasteiger partial charge on any atom is -0.158 e. The standard InChI is InChI=1S/C54H30N12/c1-7-19-37-31(13-1)25-55-61-49(37)43-44(50-38-20-8-2-14-32(38)26-56-62-50)46(52-40-22-10-4-16-34(40)28-58-64-52)48(54-42-24-12-6-18-36(42)30-60-66-54)47(53-41-23-11-5-17-35(41)29-59-65-53)45(43)51-39-21-9-3-15-33(39)27-57-63-51/h1-30H. The SMILES string of the molecule is c1ccc2c(-c3c(-c4nncc5ccccc45)c(-c4nncc5ccccc45)c(-c4nncc5ccccc45)c(-c4nncc5ccccc45)c3-c3nncc4ccccc34)nncc2c1. The van der Waals surface area contributed by atoms with E-state index < -0.39 is 0 Å². The van der Waals surface area contributed by atoms with Gasteiger partial charge in [0.15, 0.2) is 0 Å². The highest BCUT2D eigenvalue weighted by molar-refractivity contribution is 6.23. The average molecular weight is 847 g/mol. The molecule has 306 valence electrons. The first-order valence-corrected chi connectivity index (χ1v) is 21.3. The Morgan fingerprint density at radius 1 is 0.182 bits per heavy atom. The Hall–Kier alpha value is -9.42. The van der Waals surface area contributed by atoms with Gasteiger partial charge in [0.1, 0.15) is 34.2 Å². The molecule has 12 nitrogen and oxygen atoms in total. The lowest BCUT2D eigenvalue weighted by atomic mass is 9.76. The Balaban J connectivity index is 1.43. The number of hydrogen-bond donors (Lipinski definition) is 0. The number of fused-ring (bicyclic) bond motifs is 6. The topological polar surface area (TPSA) is 155 Å². The van der Waals surface area contributed by atoms with Crippen LogP contribution >= 0.6 is 0 Å². The fourth-order valence-electron chi connectivity index (χ4n) is 9.45. The van der Waals surface area contributed by atoms with E-state index in [0.29, 0.717) is 67.5 Å². The minimum atomic E-state index is 0.571. The van der Waals surface area contributed by atoms with Crippen molar-refractivity contribution in [1.29, 1.82) is 0 Å². The van der Waals surface area contributed by atoms with E-state index in [0.717, 1.165) is 64.6 Å². The first kappa shape index (κ1) is 37.2. The molecular formula is C54H30N12. The molecule has 0 bridgehead atoms. The lowest BCUT2D eigenvalue weighted by Gasteiger charge is -2.27. The van der Waals surface area contributed by atoms with Crippen LogP contribution < -0.4 is 0 Å². The smallest absolute Gasteiger partial charge is 0.102 e. The molecule has 0 saturated carbocycles. The second kappa shape index (κ2) is 15.1. The van der Waals surface area contributed by atoms with E-state index in [-0.39, 0.29) is 0 Å². The quantitative estimate of drug-likeness (QED) is 0.156. The van der Waals surface area contributed by atoms with Crippen molar-refractivity contribution in [1.82, 2.24) is 61.2 Å². The predicted octanol–water partition coefficient (Wildman–Crippen LogP) is 11.3. The van der Waals surface area contributed by atoms with Crippen molar-refractivity contribution in [3.63, 3.8) is 0 Å². The van der Waals surface area contributed by atoms with E-state index in [1.807, 2.05) is 109 Å². The van der Waals surface area contributed by atoms with Crippen molar-refractivity contribution >= 4 is 64.6 Å². The molecule has 7 aromatic carbocycles. The van der Waals surface area contributed by atoms with Crippen LogP contribution in [0.25, 0.3) is 132 Å². The Morgan fingerprint density at radius 2 is 0.333 bits per heavy atom. The molecule has 0 aliphatic heterocycles. The summed E-state index contributed by atoms with van der Waals surface area (Å²) in [7, 11) is 0. The Bertz CT molecular complexity index is 3370. The molecule has 6 heterocycles. The van der Waals surface area contributed by atoms with E-state index in [2.05, 4.69) is 36.4 Å². The molecular weight excluding hydrogens is 817 g/mol. The van der Waals surface area contributed by atoms with Crippen LogP contribution in [0.15, 0.2) is 183 Å². The number of rotatable bonds is 6. The van der Waals surface area contributed by atoms with Crippen LogP contribution in [0.2, 0.25) is 0 Å². The summed E-state index contributed by atoms with van der Waals surface area (Å²) in [4.78, 5) is 0. The molecule has 0 unspecified atom stereocenters. The summed E-state index contributed by atoms with van der Waals surface area (Å²) in [6, 6.07) is 48.7. The van der Waals surface area contributed by atoms with Crippen LogP contribution in [0.3, 0.4) is 0 Å². The maximum atomic E-state index is 5.11. The largest absolute Gasteiger partial charge is 0.158 e. The highest BCUT2D eigenvalue weighted by Crippen LogP contribution is 2.57. The van der Waals surface area contributed by atoms with Gasteiger partial charge in [-0.3, -0.25) is 0 Å². The van der Waals surface area contributed by atoms with Crippen LogP contribution in [-0.2, 0) is 0 Å². The number of nitrogens with zero attached hydrogens (tertiary/aromatic N) is 12. The van der Waals surface area contributed by atoms with Crippen molar-refractivity contribution in [2.45, 2.75) is 0 Å². The van der Waals surface area contributed by atoms with E-state index in [1.54, 1.807) is 37.2 Å². The van der Waals surface area contributed by atoms with Gasteiger partial charge in [0, 0.05) is 98.0 Å². The van der Waals surface area contributed by atoms with Crippen LogP contribution in [0.5, 0.6) is 0 Å². The molecule has 0 amide bonds. The third-order valence-corrected chi connectivity index (χ3v) is 12.3. The van der Waals surface area contributed by atoms with Gasteiger partial charge in [0.25, 0.3) is 0 Å². The summed E-state index contributed by atoms with van der Waals surface area (Å²) >= 11 is 0. The summed E-state index contributed by atoms with van der Waals surface area (Å²) in [6.45, 7) is 0. The van der Waals surface area contributed by atoms with Crippen LogP contribution in [0.1, 0.15) is 0 Å². The second-order valence-electron chi connectivity index (χ2n) is 15.9. The van der Waals surface area contributed by atoms with Crippen molar-refractivity contribution < 1.29 is 0 Å². The molecule has 0 N–H and O–H groups in total. The fraction of sp³-hybridized carbons (Fsp3) is 0. The van der Waals surface area contributed by atoms with Gasteiger partial charge in [-0.05, 0) is 0 Å². The highest BCUT2D eigenvalue weighted by Gasteiger charge is 2.36. The van der Waals surface area contributed by atoms with Gasteiger partial charge in [0.05, 0.1) is 37.2 Å². The first-order chi connectivity index (χ1) is 32.8. The molecule has 12 heteroatoms. The Labute approximate surface area is 374 Å². The summed E-state index contributed by atoms with van der Waals surface area (Å²) in [5.41, 5.74) is 7.36.